The monoisotopic (exact) mass is 193 g/mol. The molecule has 4 heteroatoms. The van der Waals surface area contributed by atoms with Gasteiger partial charge in [0.2, 0.25) is 0 Å². The van der Waals surface area contributed by atoms with Crippen LogP contribution in [-0.2, 0) is 4.74 Å². The van der Waals surface area contributed by atoms with Crippen LogP contribution < -0.4 is 5.73 Å². The summed E-state index contributed by atoms with van der Waals surface area (Å²) in [6.07, 6.45) is 3.90. The summed E-state index contributed by atoms with van der Waals surface area (Å²) in [5, 5.41) is -0.263. The molecule has 2 N–H and O–H groups in total. The molecule has 0 aromatic carbocycles. The summed E-state index contributed by atoms with van der Waals surface area (Å²) in [6.45, 7) is 0. The Morgan fingerprint density at radius 2 is 2.36 bits per heavy atom. The van der Waals surface area contributed by atoms with Crippen molar-refractivity contribution in [3.05, 3.63) is 22.9 Å². The maximum Gasteiger partial charge on any atom is 0.165 e. The van der Waals surface area contributed by atoms with Crippen molar-refractivity contribution in [3.63, 3.8) is 0 Å². The first-order valence-corrected chi connectivity index (χ1v) is 3.91. The minimum atomic E-state index is -0.803. The average Bonchev–Trinajstić information content (AvgIpc) is 1.98. The fraction of sp³-hybridized carbons (Fsp3) is 0.429. The average molecular weight is 194 g/mol. The number of hydrogen-bond acceptors (Lipinski definition) is 2. The van der Waals surface area contributed by atoms with E-state index in [0.29, 0.717) is 17.2 Å². The lowest BCUT2D eigenvalue weighted by molar-refractivity contribution is 0.105. The van der Waals surface area contributed by atoms with Gasteiger partial charge in [0.15, 0.2) is 5.06 Å². The van der Waals surface area contributed by atoms with E-state index in [0.717, 1.165) is 0 Å². The Labute approximate surface area is 75.6 Å². The molecule has 0 saturated heterocycles. The van der Waals surface area contributed by atoms with Crippen molar-refractivity contribution in [2.75, 3.05) is 7.11 Å². The number of allylic oxidation sites excluding steroid dienone is 1. The molecule has 1 atom stereocenters. The van der Waals surface area contributed by atoms with Crippen LogP contribution in [0, 0.1) is 0 Å². The predicted octanol–water partition coefficient (Wildman–Crippen LogP) is 1.94. The normalized spacial score (nSPS) is 31.2. The van der Waals surface area contributed by atoms with E-state index in [1.807, 2.05) is 0 Å². The smallest absolute Gasteiger partial charge is 0.165 e. The second-order valence-electron chi connectivity index (χ2n) is 2.35. The minimum absolute atomic E-state index is 0.467. The molecule has 0 aromatic heterocycles. The van der Waals surface area contributed by atoms with Gasteiger partial charge in [0.25, 0.3) is 0 Å². The molecule has 0 saturated carbocycles. The standard InChI is InChI=1S/C7H9Cl2NO/c1-11-7(9)3-2-5(8)6(10)4-7/h2,4H,3,10H2,1H3. The van der Waals surface area contributed by atoms with Gasteiger partial charge in [-0.1, -0.05) is 29.3 Å². The van der Waals surface area contributed by atoms with Crippen molar-refractivity contribution in [2.24, 2.45) is 5.73 Å². The van der Waals surface area contributed by atoms with Gasteiger partial charge in [-0.25, -0.2) is 0 Å². The largest absolute Gasteiger partial charge is 0.398 e. The molecule has 2 nitrogen and oxygen atoms in total. The van der Waals surface area contributed by atoms with Crippen molar-refractivity contribution in [3.8, 4) is 0 Å². The van der Waals surface area contributed by atoms with Gasteiger partial charge in [-0.05, 0) is 6.08 Å². The van der Waals surface area contributed by atoms with E-state index < -0.39 is 5.06 Å². The van der Waals surface area contributed by atoms with Crippen LogP contribution in [0.15, 0.2) is 22.9 Å². The summed E-state index contributed by atoms with van der Waals surface area (Å²) in [4.78, 5) is 0. The summed E-state index contributed by atoms with van der Waals surface area (Å²) < 4.78 is 5.00. The van der Waals surface area contributed by atoms with Gasteiger partial charge < -0.3 is 10.5 Å². The Balaban J connectivity index is 2.84. The highest BCUT2D eigenvalue weighted by molar-refractivity contribution is 6.32. The second-order valence-corrected chi connectivity index (χ2v) is 3.39. The fourth-order valence-electron chi connectivity index (χ4n) is 0.849. The number of ether oxygens (including phenoxy) is 1. The van der Waals surface area contributed by atoms with E-state index >= 15 is 0 Å². The van der Waals surface area contributed by atoms with Crippen LogP contribution in [0.2, 0.25) is 0 Å². The Hall–Kier alpha value is -0.180. The molecular weight excluding hydrogens is 185 g/mol. The highest BCUT2D eigenvalue weighted by atomic mass is 35.5. The molecule has 0 aromatic rings. The van der Waals surface area contributed by atoms with Crippen molar-refractivity contribution in [1.82, 2.24) is 0 Å². The second kappa shape index (κ2) is 3.05. The molecule has 0 radical (unpaired) electrons. The SMILES string of the molecule is COC1(Cl)C=C(N)C(Cl)=CC1. The van der Waals surface area contributed by atoms with Crippen molar-refractivity contribution in [1.29, 1.82) is 0 Å². The van der Waals surface area contributed by atoms with Gasteiger partial charge in [-0.2, -0.15) is 0 Å². The number of alkyl halides is 1. The van der Waals surface area contributed by atoms with Crippen LogP contribution in [0.4, 0.5) is 0 Å². The Kier molecular flexibility index (Phi) is 2.47. The molecule has 1 aliphatic rings. The van der Waals surface area contributed by atoms with Crippen molar-refractivity contribution < 1.29 is 4.74 Å². The third-order valence-corrected chi connectivity index (χ3v) is 2.34. The maximum absolute atomic E-state index is 5.94. The number of nitrogens with two attached hydrogens (primary N) is 1. The molecule has 1 rings (SSSR count). The summed E-state index contributed by atoms with van der Waals surface area (Å²) >= 11 is 11.6. The molecule has 0 spiro atoms. The van der Waals surface area contributed by atoms with Gasteiger partial charge in [-0.3, -0.25) is 0 Å². The molecule has 0 amide bonds. The van der Waals surface area contributed by atoms with Gasteiger partial charge in [0.05, 0.1) is 10.7 Å². The zero-order valence-corrected chi connectivity index (χ0v) is 7.62. The van der Waals surface area contributed by atoms with Crippen LogP contribution in [0.25, 0.3) is 0 Å². The van der Waals surface area contributed by atoms with Gasteiger partial charge in [0.1, 0.15) is 0 Å². The van der Waals surface area contributed by atoms with E-state index in [1.165, 1.54) is 7.11 Å². The Morgan fingerprint density at radius 1 is 1.73 bits per heavy atom. The van der Waals surface area contributed by atoms with Gasteiger partial charge >= 0.3 is 0 Å². The molecular formula is C7H9Cl2NO. The molecule has 0 heterocycles. The fourth-order valence-corrected chi connectivity index (χ4v) is 1.18. The van der Waals surface area contributed by atoms with Crippen LogP contribution in [0.5, 0.6) is 0 Å². The molecule has 0 aliphatic heterocycles. The summed E-state index contributed by atoms with van der Waals surface area (Å²) in [5.74, 6) is 0. The lowest BCUT2D eigenvalue weighted by Gasteiger charge is -2.24. The maximum atomic E-state index is 5.94. The molecule has 0 fully saturated rings. The first-order chi connectivity index (χ1) is 5.07. The van der Waals surface area contributed by atoms with E-state index in [4.69, 9.17) is 33.7 Å². The quantitative estimate of drug-likeness (QED) is 0.647. The Morgan fingerprint density at radius 3 is 2.82 bits per heavy atom. The zero-order valence-electron chi connectivity index (χ0n) is 6.10. The summed E-state index contributed by atoms with van der Waals surface area (Å²) in [5.41, 5.74) is 5.99. The van der Waals surface area contributed by atoms with Crippen molar-refractivity contribution in [2.45, 2.75) is 11.5 Å². The number of rotatable bonds is 1. The predicted molar refractivity (Wildman–Crippen MR) is 46.4 cm³/mol. The van der Waals surface area contributed by atoms with Crippen LogP contribution in [-0.4, -0.2) is 12.2 Å². The van der Waals surface area contributed by atoms with Crippen LogP contribution in [0.1, 0.15) is 6.42 Å². The molecule has 1 unspecified atom stereocenters. The minimum Gasteiger partial charge on any atom is -0.398 e. The van der Waals surface area contributed by atoms with Gasteiger partial charge in [-0.15, -0.1) is 0 Å². The van der Waals surface area contributed by atoms with E-state index in [9.17, 15) is 0 Å². The summed E-state index contributed by atoms with van der Waals surface area (Å²) in [6, 6.07) is 0. The van der Waals surface area contributed by atoms with Crippen LogP contribution in [0.3, 0.4) is 0 Å². The third-order valence-electron chi connectivity index (χ3n) is 1.55. The lowest BCUT2D eigenvalue weighted by Crippen LogP contribution is -2.24. The van der Waals surface area contributed by atoms with E-state index in [1.54, 1.807) is 12.2 Å². The van der Waals surface area contributed by atoms with E-state index in [-0.39, 0.29) is 0 Å². The number of halogens is 2. The van der Waals surface area contributed by atoms with E-state index in [2.05, 4.69) is 0 Å². The molecule has 1 aliphatic carbocycles. The first kappa shape index (κ1) is 8.91. The lowest BCUT2D eigenvalue weighted by atomic mass is 10.1. The topological polar surface area (TPSA) is 35.2 Å². The van der Waals surface area contributed by atoms with Crippen molar-refractivity contribution >= 4 is 23.2 Å². The summed E-state index contributed by atoms with van der Waals surface area (Å²) in [7, 11) is 1.53. The molecule has 62 valence electrons. The zero-order chi connectivity index (χ0) is 8.48. The Bertz CT molecular complexity index is 224. The highest BCUT2D eigenvalue weighted by Crippen LogP contribution is 2.31. The third kappa shape index (κ3) is 1.89. The molecule has 0 bridgehead atoms. The first-order valence-electron chi connectivity index (χ1n) is 3.16. The molecule has 11 heavy (non-hydrogen) atoms. The highest BCUT2D eigenvalue weighted by Gasteiger charge is 2.26. The van der Waals surface area contributed by atoms with Gasteiger partial charge in [0, 0.05) is 13.5 Å². The van der Waals surface area contributed by atoms with Crippen LogP contribution >= 0.6 is 23.2 Å². The number of methoxy groups -OCH3 is 1. The number of hydrogen-bond donors (Lipinski definition) is 1.